The average Bonchev–Trinajstić information content (AvgIpc) is 3.11. The van der Waals surface area contributed by atoms with Gasteiger partial charge in [-0.3, -0.25) is 4.79 Å². The fraction of sp³-hybridized carbons (Fsp3) is 0.167. The van der Waals surface area contributed by atoms with Gasteiger partial charge >= 0.3 is 5.97 Å². The van der Waals surface area contributed by atoms with Crippen LogP contribution < -0.4 is 4.72 Å². The molecule has 3 aromatic rings. The van der Waals surface area contributed by atoms with E-state index in [0.29, 0.717) is 5.56 Å². The van der Waals surface area contributed by atoms with E-state index in [1.807, 2.05) is 0 Å². The molecule has 0 unspecified atom stereocenters. The van der Waals surface area contributed by atoms with E-state index in [4.69, 9.17) is 16.3 Å². The van der Waals surface area contributed by atoms with Crippen molar-refractivity contribution in [2.75, 3.05) is 0 Å². The summed E-state index contributed by atoms with van der Waals surface area (Å²) in [5, 5.41) is 3.74. The first-order chi connectivity index (χ1) is 13.9. The highest BCUT2D eigenvalue weighted by atomic mass is 35.5. The number of rotatable bonds is 8. The fourth-order valence-corrected chi connectivity index (χ4v) is 4.32. The van der Waals surface area contributed by atoms with Crippen molar-refractivity contribution in [3.05, 3.63) is 76.0 Å². The predicted octanol–water partition coefficient (Wildman–Crippen LogP) is 2.96. The standard InChI is InChI=1S/C18H15ClFN3O4S2/c19-17-15(21-23-28-17)11-27-18(24)14(10-12-6-2-1-3-7-12)22-29(25,26)16-9-5-4-8-13(16)20/h1-9,14,22H,10-11H2/t14-/m0/s1. The van der Waals surface area contributed by atoms with Crippen LogP contribution in [-0.4, -0.2) is 30.0 Å². The van der Waals surface area contributed by atoms with Crippen molar-refractivity contribution in [3.8, 4) is 0 Å². The van der Waals surface area contributed by atoms with Gasteiger partial charge < -0.3 is 4.74 Å². The molecular weight excluding hydrogens is 441 g/mol. The number of ether oxygens (including phenoxy) is 1. The normalized spacial score (nSPS) is 12.5. The van der Waals surface area contributed by atoms with Crippen LogP contribution in [0, 0.1) is 5.82 Å². The minimum atomic E-state index is -4.31. The molecule has 0 aliphatic heterocycles. The Balaban J connectivity index is 1.81. The largest absolute Gasteiger partial charge is 0.458 e. The zero-order chi connectivity index (χ0) is 20.9. The van der Waals surface area contributed by atoms with Crippen LogP contribution in [0.4, 0.5) is 4.39 Å². The van der Waals surface area contributed by atoms with Crippen molar-refractivity contribution in [2.45, 2.75) is 24.0 Å². The minimum Gasteiger partial charge on any atom is -0.458 e. The van der Waals surface area contributed by atoms with Gasteiger partial charge in [0, 0.05) is 11.5 Å². The number of esters is 1. The van der Waals surface area contributed by atoms with E-state index in [0.717, 1.165) is 23.7 Å². The van der Waals surface area contributed by atoms with E-state index in [9.17, 15) is 17.6 Å². The summed E-state index contributed by atoms with van der Waals surface area (Å²) in [6.45, 7) is -0.263. The van der Waals surface area contributed by atoms with E-state index in [1.54, 1.807) is 30.3 Å². The molecule has 0 aliphatic carbocycles. The van der Waals surface area contributed by atoms with E-state index < -0.39 is 32.7 Å². The second-order valence-electron chi connectivity index (χ2n) is 5.90. The SMILES string of the molecule is O=C(OCc1nnsc1Cl)[C@H](Cc1ccccc1)NS(=O)(=O)c1ccccc1F. The molecular formula is C18H15ClFN3O4S2. The third-order valence-electron chi connectivity index (χ3n) is 3.85. The number of halogens is 2. The molecule has 1 aromatic heterocycles. The Morgan fingerprint density at radius 1 is 1.17 bits per heavy atom. The highest BCUT2D eigenvalue weighted by molar-refractivity contribution is 7.89. The third-order valence-corrected chi connectivity index (χ3v) is 6.34. The Hall–Kier alpha value is -2.40. The second-order valence-corrected chi connectivity index (χ2v) is 8.93. The molecule has 0 bridgehead atoms. The molecule has 1 atom stereocenters. The summed E-state index contributed by atoms with van der Waals surface area (Å²) >= 11 is 6.82. The summed E-state index contributed by atoms with van der Waals surface area (Å²) < 4.78 is 50.6. The van der Waals surface area contributed by atoms with Crippen LogP contribution in [0.1, 0.15) is 11.3 Å². The van der Waals surface area contributed by atoms with Gasteiger partial charge in [-0.2, -0.15) is 4.72 Å². The molecule has 11 heteroatoms. The molecule has 2 aromatic carbocycles. The van der Waals surface area contributed by atoms with Gasteiger partial charge in [-0.25, -0.2) is 12.8 Å². The molecule has 0 saturated carbocycles. The van der Waals surface area contributed by atoms with Gasteiger partial charge in [0.05, 0.1) is 0 Å². The van der Waals surface area contributed by atoms with Crippen LogP contribution in [0.25, 0.3) is 0 Å². The Morgan fingerprint density at radius 3 is 2.52 bits per heavy atom. The van der Waals surface area contributed by atoms with Gasteiger partial charge in [0.15, 0.2) is 0 Å². The summed E-state index contributed by atoms with van der Waals surface area (Å²) in [6.07, 6.45) is 0.0103. The number of aromatic nitrogens is 2. The van der Waals surface area contributed by atoms with Crippen LogP contribution in [0.3, 0.4) is 0 Å². The molecule has 0 aliphatic rings. The van der Waals surface area contributed by atoms with Gasteiger partial charge in [0.25, 0.3) is 0 Å². The summed E-state index contributed by atoms with van der Waals surface area (Å²) in [7, 11) is -4.31. The zero-order valence-electron chi connectivity index (χ0n) is 14.8. The van der Waals surface area contributed by atoms with Gasteiger partial charge in [-0.1, -0.05) is 58.6 Å². The summed E-state index contributed by atoms with van der Waals surface area (Å²) in [5.74, 6) is -1.77. The average molecular weight is 456 g/mol. The molecule has 1 heterocycles. The van der Waals surface area contributed by atoms with Crippen molar-refractivity contribution < 1.29 is 22.3 Å². The molecule has 0 amide bonds. The topological polar surface area (TPSA) is 98.2 Å². The van der Waals surface area contributed by atoms with Gasteiger partial charge in [-0.05, 0) is 24.1 Å². The Kier molecular flexibility index (Phi) is 6.91. The summed E-state index contributed by atoms with van der Waals surface area (Å²) in [6, 6.07) is 12.4. The first kappa shape index (κ1) is 21.3. The number of hydrogen-bond donors (Lipinski definition) is 1. The molecule has 3 rings (SSSR count). The van der Waals surface area contributed by atoms with Crippen LogP contribution in [-0.2, 0) is 32.6 Å². The summed E-state index contributed by atoms with van der Waals surface area (Å²) in [4.78, 5) is 12.1. The number of carbonyl (C=O) groups is 1. The number of hydrogen-bond acceptors (Lipinski definition) is 7. The maximum atomic E-state index is 14.0. The molecule has 0 fully saturated rings. The minimum absolute atomic E-state index is 0.0103. The molecule has 7 nitrogen and oxygen atoms in total. The Morgan fingerprint density at radius 2 is 1.86 bits per heavy atom. The van der Waals surface area contributed by atoms with Crippen molar-refractivity contribution in [2.24, 2.45) is 0 Å². The van der Waals surface area contributed by atoms with Crippen LogP contribution >= 0.6 is 23.1 Å². The molecule has 0 spiro atoms. The quantitative estimate of drug-likeness (QED) is 0.524. The lowest BCUT2D eigenvalue weighted by Gasteiger charge is -2.18. The number of carbonyl (C=O) groups excluding carboxylic acids is 1. The van der Waals surface area contributed by atoms with E-state index in [-0.39, 0.29) is 23.1 Å². The van der Waals surface area contributed by atoms with E-state index in [1.165, 1.54) is 12.1 Å². The van der Waals surface area contributed by atoms with Crippen molar-refractivity contribution >= 4 is 39.1 Å². The molecule has 0 radical (unpaired) electrons. The highest BCUT2D eigenvalue weighted by Gasteiger charge is 2.29. The number of benzene rings is 2. The lowest BCUT2D eigenvalue weighted by molar-refractivity contribution is -0.147. The second kappa shape index (κ2) is 9.40. The Bertz CT molecular complexity index is 1090. The smallest absolute Gasteiger partial charge is 0.324 e. The third kappa shape index (κ3) is 5.57. The maximum absolute atomic E-state index is 14.0. The van der Waals surface area contributed by atoms with Gasteiger partial charge in [0.2, 0.25) is 10.0 Å². The molecule has 152 valence electrons. The maximum Gasteiger partial charge on any atom is 0.324 e. The first-order valence-electron chi connectivity index (χ1n) is 8.31. The monoisotopic (exact) mass is 455 g/mol. The van der Waals surface area contributed by atoms with E-state index >= 15 is 0 Å². The lowest BCUT2D eigenvalue weighted by Crippen LogP contribution is -2.43. The molecule has 1 N–H and O–H groups in total. The van der Waals surface area contributed by atoms with Crippen LogP contribution in [0.5, 0.6) is 0 Å². The Labute approximate surface area is 175 Å². The highest BCUT2D eigenvalue weighted by Crippen LogP contribution is 2.19. The number of nitrogens with one attached hydrogen (secondary N) is 1. The molecule has 29 heavy (non-hydrogen) atoms. The van der Waals surface area contributed by atoms with Gasteiger partial charge in [-0.15, -0.1) is 5.10 Å². The predicted molar refractivity (Wildman–Crippen MR) is 105 cm³/mol. The summed E-state index contributed by atoms with van der Waals surface area (Å²) in [5.41, 5.74) is 0.958. The number of nitrogens with zero attached hydrogens (tertiary/aromatic N) is 2. The number of sulfonamides is 1. The fourth-order valence-electron chi connectivity index (χ4n) is 2.46. The first-order valence-corrected chi connectivity index (χ1v) is 10.9. The lowest BCUT2D eigenvalue weighted by atomic mass is 10.1. The molecule has 0 saturated heterocycles. The zero-order valence-corrected chi connectivity index (χ0v) is 17.2. The van der Waals surface area contributed by atoms with Crippen molar-refractivity contribution in [1.82, 2.24) is 14.3 Å². The van der Waals surface area contributed by atoms with Crippen LogP contribution in [0.15, 0.2) is 59.5 Å². The van der Waals surface area contributed by atoms with Crippen molar-refractivity contribution in [3.63, 3.8) is 0 Å². The van der Waals surface area contributed by atoms with Crippen molar-refractivity contribution in [1.29, 1.82) is 0 Å². The van der Waals surface area contributed by atoms with Gasteiger partial charge in [0.1, 0.15) is 33.4 Å². The van der Waals surface area contributed by atoms with E-state index in [2.05, 4.69) is 14.3 Å². The van der Waals surface area contributed by atoms with Crippen LogP contribution in [0.2, 0.25) is 4.34 Å².